The molecular formula is C16H32N4O6. The Hall–Kier alpha value is -1.75. The summed E-state index contributed by atoms with van der Waals surface area (Å²) < 4.78 is 15.2. The molecule has 0 aromatic rings. The van der Waals surface area contributed by atoms with Gasteiger partial charge in [0, 0.05) is 18.1 Å². The molecule has 0 aliphatic heterocycles. The molecule has 0 amide bonds. The van der Waals surface area contributed by atoms with Gasteiger partial charge in [-0.3, -0.25) is 14.4 Å². The van der Waals surface area contributed by atoms with Crippen LogP contribution in [0.2, 0.25) is 0 Å². The van der Waals surface area contributed by atoms with E-state index in [2.05, 4.69) is 0 Å². The van der Waals surface area contributed by atoms with Crippen LogP contribution in [0.25, 0.3) is 0 Å². The summed E-state index contributed by atoms with van der Waals surface area (Å²) >= 11 is 0. The Morgan fingerprint density at radius 2 is 0.923 bits per heavy atom. The molecule has 3 atom stereocenters. The summed E-state index contributed by atoms with van der Waals surface area (Å²) in [5, 5.41) is 0. The minimum atomic E-state index is -1.39. The van der Waals surface area contributed by atoms with Crippen molar-refractivity contribution in [1.29, 1.82) is 0 Å². The molecular weight excluding hydrogens is 344 g/mol. The van der Waals surface area contributed by atoms with Crippen LogP contribution in [0.5, 0.6) is 0 Å². The molecule has 0 heterocycles. The second kappa shape index (κ2) is 11.8. The summed E-state index contributed by atoms with van der Waals surface area (Å²) in [5.41, 5.74) is 21.3. The Balaban J connectivity index is 4.75. The third-order valence-electron chi connectivity index (χ3n) is 3.03. The molecule has 3 unspecified atom stereocenters. The summed E-state index contributed by atoms with van der Waals surface area (Å²) in [6.07, 6.45) is 0.0150. The summed E-state index contributed by atoms with van der Waals surface area (Å²) in [5.74, 6) is -1.67. The van der Waals surface area contributed by atoms with Crippen LogP contribution in [0, 0.1) is 0 Å². The Morgan fingerprint density at radius 3 is 1.12 bits per heavy atom. The van der Waals surface area contributed by atoms with Gasteiger partial charge >= 0.3 is 17.9 Å². The highest BCUT2D eigenvalue weighted by molar-refractivity contribution is 5.71. The van der Waals surface area contributed by atoms with Crippen molar-refractivity contribution < 1.29 is 28.6 Å². The van der Waals surface area contributed by atoms with Gasteiger partial charge in [-0.05, 0) is 20.8 Å². The van der Waals surface area contributed by atoms with Crippen LogP contribution in [0.4, 0.5) is 0 Å². The third-order valence-corrected chi connectivity index (χ3v) is 3.03. The molecule has 10 heteroatoms. The third kappa shape index (κ3) is 12.6. The van der Waals surface area contributed by atoms with Crippen molar-refractivity contribution in [3.05, 3.63) is 0 Å². The zero-order valence-electron chi connectivity index (χ0n) is 15.7. The van der Waals surface area contributed by atoms with Crippen LogP contribution in [0.15, 0.2) is 0 Å². The molecule has 0 aliphatic rings. The van der Waals surface area contributed by atoms with E-state index >= 15 is 0 Å². The molecule has 0 aromatic heterocycles. The van der Waals surface area contributed by atoms with Crippen molar-refractivity contribution in [3.63, 3.8) is 0 Å². The van der Waals surface area contributed by atoms with E-state index in [1.165, 1.54) is 0 Å². The number of rotatable bonds is 12. The first-order chi connectivity index (χ1) is 11.9. The highest BCUT2D eigenvalue weighted by Gasteiger charge is 2.31. The number of hydrogen-bond donors (Lipinski definition) is 4. The van der Waals surface area contributed by atoms with Gasteiger partial charge in [0.05, 0.1) is 19.3 Å². The number of ether oxygens (including phenoxy) is 3. The fourth-order valence-electron chi connectivity index (χ4n) is 1.76. The minimum Gasteiger partial charge on any atom is -0.463 e. The lowest BCUT2D eigenvalue weighted by Gasteiger charge is -2.28. The second-order valence-corrected chi connectivity index (χ2v) is 6.89. The highest BCUT2D eigenvalue weighted by atomic mass is 16.6. The Kier molecular flexibility index (Phi) is 11.0. The van der Waals surface area contributed by atoms with Gasteiger partial charge in [-0.15, -0.1) is 0 Å². The zero-order chi connectivity index (χ0) is 20.3. The van der Waals surface area contributed by atoms with Crippen LogP contribution in [0.1, 0.15) is 40.0 Å². The lowest BCUT2D eigenvalue weighted by molar-refractivity contribution is -0.155. The summed E-state index contributed by atoms with van der Waals surface area (Å²) in [7, 11) is 0. The average Bonchev–Trinajstić information content (AvgIpc) is 2.47. The summed E-state index contributed by atoms with van der Waals surface area (Å²) in [4.78, 5) is 35.0. The standard InChI is InChI=1S/C16H32N4O6/c1-10(17)4-13(21)24-7-16(20,8-25-14(22)5-11(2)18)9-26-15(23)6-12(3)19/h10-12H,4-9,17-20H2,1-3H3. The number of hydrogen-bond acceptors (Lipinski definition) is 10. The van der Waals surface area contributed by atoms with Gasteiger partial charge in [-0.25, -0.2) is 0 Å². The first-order valence-electron chi connectivity index (χ1n) is 8.46. The monoisotopic (exact) mass is 376 g/mol. The maximum Gasteiger partial charge on any atom is 0.307 e. The first kappa shape index (κ1) is 24.2. The SMILES string of the molecule is CC(N)CC(=O)OCC(N)(COC(=O)CC(C)N)COC(=O)CC(C)N. The molecule has 0 aromatic carbocycles. The van der Waals surface area contributed by atoms with Gasteiger partial charge in [-0.1, -0.05) is 0 Å². The van der Waals surface area contributed by atoms with Crippen LogP contribution in [-0.4, -0.2) is 61.4 Å². The van der Waals surface area contributed by atoms with Crippen molar-refractivity contribution in [2.75, 3.05) is 19.8 Å². The number of carbonyl (C=O) groups excluding carboxylic acids is 3. The smallest absolute Gasteiger partial charge is 0.307 e. The van der Waals surface area contributed by atoms with Gasteiger partial charge in [0.2, 0.25) is 0 Å². The normalized spacial score (nSPS) is 16.7. The van der Waals surface area contributed by atoms with E-state index in [1.54, 1.807) is 20.8 Å². The van der Waals surface area contributed by atoms with E-state index in [0.717, 1.165) is 0 Å². The highest BCUT2D eigenvalue weighted by Crippen LogP contribution is 2.08. The summed E-state index contributed by atoms with van der Waals surface area (Å²) in [6, 6.07) is -1.12. The van der Waals surface area contributed by atoms with Gasteiger partial charge in [-0.2, -0.15) is 0 Å². The van der Waals surface area contributed by atoms with Crippen LogP contribution >= 0.6 is 0 Å². The fraction of sp³-hybridized carbons (Fsp3) is 0.812. The molecule has 0 fully saturated rings. The number of nitrogens with two attached hydrogens (primary N) is 4. The number of carbonyl (C=O) groups is 3. The van der Waals surface area contributed by atoms with Gasteiger partial charge in [0.15, 0.2) is 0 Å². The largest absolute Gasteiger partial charge is 0.463 e. The molecule has 26 heavy (non-hydrogen) atoms. The molecule has 0 radical (unpaired) electrons. The second-order valence-electron chi connectivity index (χ2n) is 6.89. The van der Waals surface area contributed by atoms with E-state index in [9.17, 15) is 14.4 Å². The Morgan fingerprint density at radius 1 is 0.692 bits per heavy atom. The van der Waals surface area contributed by atoms with E-state index in [-0.39, 0.29) is 57.2 Å². The Labute approximate surface area is 153 Å². The molecule has 152 valence electrons. The Bertz CT molecular complexity index is 403. The lowest BCUT2D eigenvalue weighted by Crippen LogP contribution is -2.54. The van der Waals surface area contributed by atoms with Crippen LogP contribution in [0.3, 0.4) is 0 Å². The fourth-order valence-corrected chi connectivity index (χ4v) is 1.76. The van der Waals surface area contributed by atoms with E-state index in [1.807, 2.05) is 0 Å². The number of esters is 3. The van der Waals surface area contributed by atoms with Crippen molar-refractivity contribution in [3.8, 4) is 0 Å². The van der Waals surface area contributed by atoms with Gasteiger partial charge < -0.3 is 37.1 Å². The minimum absolute atomic E-state index is 0.00499. The average molecular weight is 376 g/mol. The summed E-state index contributed by atoms with van der Waals surface area (Å²) in [6.45, 7) is 4.04. The topological polar surface area (TPSA) is 183 Å². The molecule has 0 saturated carbocycles. The molecule has 0 bridgehead atoms. The van der Waals surface area contributed by atoms with Crippen molar-refractivity contribution in [1.82, 2.24) is 0 Å². The lowest BCUT2D eigenvalue weighted by atomic mass is 10.1. The van der Waals surface area contributed by atoms with Crippen LogP contribution < -0.4 is 22.9 Å². The molecule has 0 spiro atoms. The predicted octanol–water partition coefficient (Wildman–Crippen LogP) is -1.47. The van der Waals surface area contributed by atoms with Gasteiger partial charge in [0.25, 0.3) is 0 Å². The van der Waals surface area contributed by atoms with Crippen molar-refractivity contribution in [2.45, 2.75) is 63.7 Å². The van der Waals surface area contributed by atoms with Crippen LogP contribution in [-0.2, 0) is 28.6 Å². The van der Waals surface area contributed by atoms with Gasteiger partial charge in [0.1, 0.15) is 25.4 Å². The maximum absolute atomic E-state index is 11.7. The van der Waals surface area contributed by atoms with E-state index < -0.39 is 23.4 Å². The van der Waals surface area contributed by atoms with Crippen molar-refractivity contribution >= 4 is 17.9 Å². The molecule has 8 N–H and O–H groups in total. The quantitative estimate of drug-likeness (QED) is 0.231. The van der Waals surface area contributed by atoms with Crippen molar-refractivity contribution in [2.24, 2.45) is 22.9 Å². The molecule has 0 aliphatic carbocycles. The first-order valence-corrected chi connectivity index (χ1v) is 8.46. The molecule has 0 rings (SSSR count). The zero-order valence-corrected chi connectivity index (χ0v) is 15.7. The van der Waals surface area contributed by atoms with E-state index in [0.29, 0.717) is 0 Å². The predicted molar refractivity (Wildman–Crippen MR) is 94.6 cm³/mol. The van der Waals surface area contributed by atoms with E-state index in [4.69, 9.17) is 37.1 Å². The molecule has 10 nitrogen and oxygen atoms in total. The maximum atomic E-state index is 11.7. The molecule has 0 saturated heterocycles.